The van der Waals surface area contributed by atoms with Gasteiger partial charge in [0.05, 0.1) is 12.3 Å². The molecule has 0 aromatic carbocycles. The first-order chi connectivity index (χ1) is 9.18. The molecule has 1 atom stereocenters. The minimum Gasteiger partial charge on any atom is -0.481 e. The van der Waals surface area contributed by atoms with E-state index in [0.717, 1.165) is 31.2 Å². The van der Waals surface area contributed by atoms with Gasteiger partial charge in [-0.3, -0.25) is 14.6 Å². The molecule has 0 aliphatic heterocycles. The van der Waals surface area contributed by atoms with Gasteiger partial charge in [-0.05, 0) is 24.5 Å². The van der Waals surface area contributed by atoms with Crippen LogP contribution >= 0.6 is 0 Å². The molecule has 1 aliphatic carbocycles. The standard InChI is InChI=1S/C15H19NO3/c17-14(18)9-13(12-7-4-8-16-10-12)15(19)11-5-2-1-3-6-11/h4,7-8,10-11,13H,1-3,5-6,9H2,(H,17,18). The number of hydrogen-bond donors (Lipinski definition) is 1. The summed E-state index contributed by atoms with van der Waals surface area (Å²) in [5, 5.41) is 9.02. The van der Waals surface area contributed by atoms with Crippen molar-refractivity contribution in [3.8, 4) is 0 Å². The van der Waals surface area contributed by atoms with E-state index in [2.05, 4.69) is 4.98 Å². The summed E-state index contributed by atoms with van der Waals surface area (Å²) < 4.78 is 0. The van der Waals surface area contributed by atoms with Crippen molar-refractivity contribution in [2.24, 2.45) is 5.92 Å². The molecule has 1 aromatic rings. The number of rotatable bonds is 5. The highest BCUT2D eigenvalue weighted by Gasteiger charge is 2.30. The van der Waals surface area contributed by atoms with Crippen LogP contribution in [-0.2, 0) is 9.59 Å². The Morgan fingerprint density at radius 3 is 2.63 bits per heavy atom. The van der Waals surface area contributed by atoms with Gasteiger partial charge in [0.15, 0.2) is 0 Å². The molecule has 1 aromatic heterocycles. The van der Waals surface area contributed by atoms with Gasteiger partial charge in [-0.15, -0.1) is 0 Å². The van der Waals surface area contributed by atoms with Crippen LogP contribution < -0.4 is 0 Å². The molecule has 1 saturated carbocycles. The quantitative estimate of drug-likeness (QED) is 0.885. The molecule has 4 nitrogen and oxygen atoms in total. The Morgan fingerprint density at radius 1 is 1.32 bits per heavy atom. The van der Waals surface area contributed by atoms with Crippen LogP contribution in [0.5, 0.6) is 0 Å². The highest BCUT2D eigenvalue weighted by molar-refractivity contribution is 5.91. The average molecular weight is 261 g/mol. The predicted molar refractivity (Wildman–Crippen MR) is 70.8 cm³/mol. The second-order valence-corrected chi connectivity index (χ2v) is 5.17. The van der Waals surface area contributed by atoms with E-state index in [1.807, 2.05) is 0 Å². The maximum atomic E-state index is 12.5. The average Bonchev–Trinajstić information content (AvgIpc) is 2.46. The number of aliphatic carboxylic acids is 1. The van der Waals surface area contributed by atoms with Crippen LogP contribution in [-0.4, -0.2) is 21.8 Å². The molecule has 0 radical (unpaired) electrons. The first-order valence-electron chi connectivity index (χ1n) is 6.84. The van der Waals surface area contributed by atoms with Crippen molar-refractivity contribution in [1.29, 1.82) is 0 Å². The summed E-state index contributed by atoms with van der Waals surface area (Å²) >= 11 is 0. The molecule has 1 fully saturated rings. The predicted octanol–water partition coefficient (Wildman–Crippen LogP) is 2.79. The van der Waals surface area contributed by atoms with Crippen LogP contribution in [0.15, 0.2) is 24.5 Å². The lowest BCUT2D eigenvalue weighted by molar-refractivity contribution is -0.140. The largest absolute Gasteiger partial charge is 0.481 e. The van der Waals surface area contributed by atoms with E-state index in [1.54, 1.807) is 24.5 Å². The van der Waals surface area contributed by atoms with Crippen LogP contribution in [0.2, 0.25) is 0 Å². The van der Waals surface area contributed by atoms with Gasteiger partial charge in [-0.25, -0.2) is 0 Å². The lowest BCUT2D eigenvalue weighted by Crippen LogP contribution is -2.26. The van der Waals surface area contributed by atoms with E-state index in [0.29, 0.717) is 0 Å². The molecule has 1 heterocycles. The summed E-state index contributed by atoms with van der Waals surface area (Å²) in [5.41, 5.74) is 0.723. The van der Waals surface area contributed by atoms with Gasteiger partial charge in [0.25, 0.3) is 0 Å². The van der Waals surface area contributed by atoms with Crippen LogP contribution in [0, 0.1) is 5.92 Å². The zero-order valence-electron chi connectivity index (χ0n) is 10.9. The van der Waals surface area contributed by atoms with Gasteiger partial charge in [0.2, 0.25) is 0 Å². The lowest BCUT2D eigenvalue weighted by Gasteiger charge is -2.24. The monoisotopic (exact) mass is 261 g/mol. The van der Waals surface area contributed by atoms with Crippen molar-refractivity contribution in [1.82, 2.24) is 4.98 Å². The summed E-state index contributed by atoms with van der Waals surface area (Å²) in [6.07, 6.45) is 8.22. The van der Waals surface area contributed by atoms with E-state index < -0.39 is 11.9 Å². The van der Waals surface area contributed by atoms with Crippen molar-refractivity contribution in [2.75, 3.05) is 0 Å². The fraction of sp³-hybridized carbons (Fsp3) is 0.533. The Balaban J connectivity index is 2.17. The van der Waals surface area contributed by atoms with E-state index >= 15 is 0 Å². The van der Waals surface area contributed by atoms with Gasteiger partial charge < -0.3 is 5.11 Å². The topological polar surface area (TPSA) is 67.3 Å². The SMILES string of the molecule is O=C(O)CC(C(=O)C1CCCCC1)c1cccnc1. The van der Waals surface area contributed by atoms with Crippen molar-refractivity contribution in [3.63, 3.8) is 0 Å². The first kappa shape index (κ1) is 13.7. The van der Waals surface area contributed by atoms with Gasteiger partial charge in [-0.2, -0.15) is 0 Å². The molecule has 0 saturated heterocycles. The molecule has 2 rings (SSSR count). The molecular weight excluding hydrogens is 242 g/mol. The summed E-state index contributed by atoms with van der Waals surface area (Å²) in [7, 11) is 0. The van der Waals surface area contributed by atoms with Crippen molar-refractivity contribution in [3.05, 3.63) is 30.1 Å². The number of ketones is 1. The Bertz CT molecular complexity index is 438. The zero-order valence-corrected chi connectivity index (χ0v) is 10.9. The molecule has 0 bridgehead atoms. The highest BCUT2D eigenvalue weighted by Crippen LogP contribution is 2.31. The summed E-state index contributed by atoms with van der Waals surface area (Å²) in [5.74, 6) is -1.37. The van der Waals surface area contributed by atoms with Crippen LogP contribution in [0.25, 0.3) is 0 Å². The number of aromatic nitrogens is 1. The van der Waals surface area contributed by atoms with Crippen molar-refractivity contribution < 1.29 is 14.7 Å². The van der Waals surface area contributed by atoms with Gasteiger partial charge in [0, 0.05) is 18.3 Å². The first-order valence-corrected chi connectivity index (χ1v) is 6.84. The maximum absolute atomic E-state index is 12.5. The zero-order chi connectivity index (χ0) is 13.7. The smallest absolute Gasteiger partial charge is 0.304 e. The number of hydrogen-bond acceptors (Lipinski definition) is 3. The summed E-state index contributed by atoms with van der Waals surface area (Å²) in [6.45, 7) is 0. The highest BCUT2D eigenvalue weighted by atomic mass is 16.4. The Kier molecular flexibility index (Phi) is 4.66. The summed E-state index contributed by atoms with van der Waals surface area (Å²) in [4.78, 5) is 27.5. The molecule has 4 heteroatoms. The molecule has 0 spiro atoms. The Morgan fingerprint density at radius 2 is 2.05 bits per heavy atom. The third kappa shape index (κ3) is 3.63. The minimum atomic E-state index is -0.932. The fourth-order valence-corrected chi connectivity index (χ4v) is 2.81. The second kappa shape index (κ2) is 6.45. The van der Waals surface area contributed by atoms with Crippen molar-refractivity contribution in [2.45, 2.75) is 44.4 Å². The molecule has 19 heavy (non-hydrogen) atoms. The fourth-order valence-electron chi connectivity index (χ4n) is 2.81. The van der Waals surface area contributed by atoms with E-state index in [1.165, 1.54) is 6.42 Å². The van der Waals surface area contributed by atoms with Crippen LogP contribution in [0.1, 0.15) is 50.0 Å². The van der Waals surface area contributed by atoms with Crippen molar-refractivity contribution >= 4 is 11.8 Å². The van der Waals surface area contributed by atoms with E-state index in [4.69, 9.17) is 5.11 Å². The van der Waals surface area contributed by atoms with E-state index in [-0.39, 0.29) is 18.1 Å². The second-order valence-electron chi connectivity index (χ2n) is 5.17. The third-order valence-electron chi connectivity index (χ3n) is 3.82. The summed E-state index contributed by atoms with van der Waals surface area (Å²) in [6, 6.07) is 3.54. The maximum Gasteiger partial charge on any atom is 0.304 e. The molecule has 1 unspecified atom stereocenters. The van der Waals surface area contributed by atoms with E-state index in [9.17, 15) is 9.59 Å². The van der Waals surface area contributed by atoms with Gasteiger partial charge >= 0.3 is 5.97 Å². The Labute approximate surface area is 112 Å². The number of nitrogens with zero attached hydrogens (tertiary/aromatic N) is 1. The molecule has 1 N–H and O–H groups in total. The van der Waals surface area contributed by atoms with Gasteiger partial charge in [0.1, 0.15) is 5.78 Å². The van der Waals surface area contributed by atoms with Gasteiger partial charge in [-0.1, -0.05) is 25.3 Å². The Hall–Kier alpha value is -1.71. The number of carbonyl (C=O) groups is 2. The molecule has 1 aliphatic rings. The molecular formula is C15H19NO3. The lowest BCUT2D eigenvalue weighted by atomic mass is 9.78. The number of Topliss-reactive ketones (excluding diaryl/α,β-unsaturated/α-hetero) is 1. The molecule has 102 valence electrons. The van der Waals surface area contributed by atoms with Crippen LogP contribution in [0.3, 0.4) is 0 Å². The normalized spacial score (nSPS) is 17.9. The van der Waals surface area contributed by atoms with Crippen LogP contribution in [0.4, 0.5) is 0 Å². The minimum absolute atomic E-state index is 0.0262. The third-order valence-corrected chi connectivity index (χ3v) is 3.82. The number of pyridine rings is 1. The number of carboxylic acid groups (broad SMARTS) is 1. The molecule has 0 amide bonds. The number of carbonyl (C=O) groups excluding carboxylic acids is 1. The number of carboxylic acids is 1.